The summed E-state index contributed by atoms with van der Waals surface area (Å²) in [5.74, 6) is 0.101. The van der Waals surface area contributed by atoms with Crippen LogP contribution in [0, 0.1) is 0 Å². The van der Waals surface area contributed by atoms with Gasteiger partial charge in [0.25, 0.3) is 0 Å². The largest absolute Gasteiger partial charge is 0.294 e. The van der Waals surface area contributed by atoms with Crippen molar-refractivity contribution in [3.63, 3.8) is 0 Å². The van der Waals surface area contributed by atoms with Crippen molar-refractivity contribution in [1.29, 1.82) is 0 Å². The summed E-state index contributed by atoms with van der Waals surface area (Å²) in [6.07, 6.45) is 0.384. The van der Waals surface area contributed by atoms with Crippen molar-refractivity contribution in [2.75, 3.05) is 0 Å². The highest BCUT2D eigenvalue weighted by atomic mass is 79.9. The van der Waals surface area contributed by atoms with Gasteiger partial charge < -0.3 is 0 Å². The van der Waals surface area contributed by atoms with Crippen LogP contribution in [0.15, 0.2) is 82.2 Å². The summed E-state index contributed by atoms with van der Waals surface area (Å²) in [5.41, 5.74) is 1.80. The lowest BCUT2D eigenvalue weighted by atomic mass is 10.0. The Hall–Kier alpha value is -1.26. The van der Waals surface area contributed by atoms with Gasteiger partial charge in [0.2, 0.25) is 0 Å². The monoisotopic (exact) mass is 464 g/mol. The van der Waals surface area contributed by atoms with Gasteiger partial charge >= 0.3 is 0 Å². The fraction of sp³-hybridized carbons (Fsp3) is 0.0952. The van der Waals surface area contributed by atoms with Crippen LogP contribution in [-0.2, 0) is 0 Å². The zero-order valence-corrected chi connectivity index (χ0v) is 17.6. The van der Waals surface area contributed by atoms with Gasteiger partial charge in [-0.3, -0.25) is 4.79 Å². The van der Waals surface area contributed by atoms with Gasteiger partial charge in [-0.25, -0.2) is 0 Å². The second-order valence-electron chi connectivity index (χ2n) is 5.73. The second kappa shape index (κ2) is 9.09. The molecule has 0 aliphatic rings. The highest BCUT2D eigenvalue weighted by molar-refractivity contribution is 9.10. The molecule has 0 radical (unpaired) electrons. The Morgan fingerprint density at radius 2 is 1.65 bits per heavy atom. The van der Waals surface area contributed by atoms with Crippen LogP contribution in [0.1, 0.15) is 27.6 Å². The first-order chi connectivity index (χ1) is 12.5. The van der Waals surface area contributed by atoms with Crippen molar-refractivity contribution >= 4 is 56.7 Å². The summed E-state index contributed by atoms with van der Waals surface area (Å²) < 4.78 is 0.955. The summed E-state index contributed by atoms with van der Waals surface area (Å²) in [6.45, 7) is 0. The SMILES string of the molecule is O=C(C[C@@H](Sc1ccc(Cl)cc1Cl)c1ccccc1)c1ccc(Br)cc1. The molecule has 0 N–H and O–H groups in total. The summed E-state index contributed by atoms with van der Waals surface area (Å²) >= 11 is 17.3. The minimum Gasteiger partial charge on any atom is -0.294 e. The van der Waals surface area contributed by atoms with E-state index in [1.54, 1.807) is 17.8 Å². The Kier molecular flexibility index (Phi) is 6.82. The van der Waals surface area contributed by atoms with Crippen molar-refractivity contribution in [3.05, 3.63) is 98.4 Å². The average Bonchev–Trinajstić information content (AvgIpc) is 2.64. The van der Waals surface area contributed by atoms with Gasteiger partial charge in [0.15, 0.2) is 5.78 Å². The molecule has 0 fully saturated rings. The van der Waals surface area contributed by atoms with E-state index in [0.29, 0.717) is 22.0 Å². The fourth-order valence-corrected chi connectivity index (χ4v) is 4.50. The van der Waals surface area contributed by atoms with Crippen LogP contribution in [0.4, 0.5) is 0 Å². The van der Waals surface area contributed by atoms with Crippen LogP contribution >= 0.6 is 50.9 Å². The Morgan fingerprint density at radius 1 is 0.962 bits per heavy atom. The molecular weight excluding hydrogens is 451 g/mol. The van der Waals surface area contributed by atoms with E-state index in [4.69, 9.17) is 23.2 Å². The van der Waals surface area contributed by atoms with E-state index in [9.17, 15) is 4.79 Å². The first-order valence-electron chi connectivity index (χ1n) is 7.98. The molecule has 0 saturated carbocycles. The number of Topliss-reactive ketones (excluding diaryl/α,β-unsaturated/α-hetero) is 1. The van der Waals surface area contributed by atoms with Crippen LogP contribution in [0.5, 0.6) is 0 Å². The van der Waals surface area contributed by atoms with Gasteiger partial charge in [-0.1, -0.05) is 81.6 Å². The van der Waals surface area contributed by atoms with Crippen molar-refractivity contribution in [2.45, 2.75) is 16.6 Å². The maximum atomic E-state index is 12.8. The Bertz CT molecular complexity index is 898. The summed E-state index contributed by atoms with van der Waals surface area (Å²) in [4.78, 5) is 13.7. The molecule has 0 spiro atoms. The Labute approximate surface area is 175 Å². The lowest BCUT2D eigenvalue weighted by Gasteiger charge is -2.17. The van der Waals surface area contributed by atoms with E-state index < -0.39 is 0 Å². The molecule has 0 unspecified atom stereocenters. The predicted molar refractivity (Wildman–Crippen MR) is 115 cm³/mol. The minimum absolute atomic E-state index is 0.0361. The molecule has 0 aliphatic heterocycles. The molecule has 1 atom stereocenters. The van der Waals surface area contributed by atoms with Gasteiger partial charge in [0.1, 0.15) is 0 Å². The minimum atomic E-state index is -0.0361. The molecule has 0 amide bonds. The standard InChI is InChI=1S/C21H15BrCl2OS/c22-16-8-6-14(7-9-16)19(25)13-21(15-4-2-1-3-5-15)26-20-11-10-17(23)12-18(20)24/h1-12,21H,13H2/t21-/m1/s1. The van der Waals surface area contributed by atoms with Crippen molar-refractivity contribution < 1.29 is 4.79 Å². The topological polar surface area (TPSA) is 17.1 Å². The molecule has 0 heterocycles. The molecule has 0 aromatic heterocycles. The smallest absolute Gasteiger partial charge is 0.164 e. The number of halogens is 3. The van der Waals surface area contributed by atoms with Gasteiger partial charge in [0, 0.05) is 31.6 Å². The zero-order valence-electron chi connectivity index (χ0n) is 13.7. The van der Waals surface area contributed by atoms with Crippen LogP contribution in [-0.4, -0.2) is 5.78 Å². The van der Waals surface area contributed by atoms with E-state index in [2.05, 4.69) is 15.9 Å². The van der Waals surface area contributed by atoms with Gasteiger partial charge in [-0.05, 0) is 35.9 Å². The Balaban J connectivity index is 1.86. The molecule has 3 rings (SSSR count). The number of carbonyl (C=O) groups is 1. The molecule has 0 saturated heterocycles. The number of hydrogen-bond acceptors (Lipinski definition) is 2. The summed E-state index contributed by atoms with van der Waals surface area (Å²) in [6, 6.07) is 22.9. The lowest BCUT2D eigenvalue weighted by molar-refractivity contribution is 0.0982. The number of hydrogen-bond donors (Lipinski definition) is 0. The second-order valence-corrected chi connectivity index (χ2v) is 8.73. The average molecular weight is 466 g/mol. The Morgan fingerprint density at radius 3 is 2.31 bits per heavy atom. The number of thioether (sulfide) groups is 1. The molecule has 0 bridgehead atoms. The molecule has 5 heteroatoms. The van der Waals surface area contributed by atoms with Gasteiger partial charge in [-0.15, -0.1) is 11.8 Å². The first-order valence-corrected chi connectivity index (χ1v) is 10.4. The van der Waals surface area contributed by atoms with E-state index >= 15 is 0 Å². The van der Waals surface area contributed by atoms with Crippen molar-refractivity contribution in [3.8, 4) is 0 Å². The van der Waals surface area contributed by atoms with Crippen molar-refractivity contribution in [2.24, 2.45) is 0 Å². The third-order valence-corrected chi connectivity index (χ3v) is 6.39. The zero-order chi connectivity index (χ0) is 18.5. The van der Waals surface area contributed by atoms with Crippen LogP contribution in [0.3, 0.4) is 0 Å². The van der Waals surface area contributed by atoms with E-state index in [1.165, 1.54) is 0 Å². The van der Waals surface area contributed by atoms with Gasteiger partial charge in [0.05, 0.1) is 5.02 Å². The lowest BCUT2D eigenvalue weighted by Crippen LogP contribution is -2.05. The number of carbonyl (C=O) groups excluding carboxylic acids is 1. The molecule has 3 aromatic rings. The highest BCUT2D eigenvalue weighted by Gasteiger charge is 2.20. The van der Waals surface area contributed by atoms with Crippen LogP contribution in [0.25, 0.3) is 0 Å². The third-order valence-electron chi connectivity index (χ3n) is 3.87. The normalized spacial score (nSPS) is 12.0. The number of benzene rings is 3. The third kappa shape index (κ3) is 5.14. The van der Waals surface area contributed by atoms with E-state index in [0.717, 1.165) is 14.9 Å². The number of rotatable bonds is 6. The van der Waals surface area contributed by atoms with Crippen LogP contribution < -0.4 is 0 Å². The highest BCUT2D eigenvalue weighted by Crippen LogP contribution is 2.42. The van der Waals surface area contributed by atoms with Crippen LogP contribution in [0.2, 0.25) is 10.0 Å². The number of ketones is 1. The predicted octanol–water partition coefficient (Wildman–Crippen LogP) is 7.86. The molecule has 132 valence electrons. The maximum Gasteiger partial charge on any atom is 0.164 e. The van der Waals surface area contributed by atoms with E-state index in [1.807, 2.05) is 66.7 Å². The molecule has 0 aliphatic carbocycles. The molecule has 1 nitrogen and oxygen atoms in total. The first kappa shape index (κ1) is 19.5. The quantitative estimate of drug-likeness (QED) is 0.272. The van der Waals surface area contributed by atoms with Gasteiger partial charge in [-0.2, -0.15) is 0 Å². The van der Waals surface area contributed by atoms with E-state index in [-0.39, 0.29) is 11.0 Å². The molecular formula is C21H15BrCl2OS. The molecule has 3 aromatic carbocycles. The summed E-state index contributed by atoms with van der Waals surface area (Å²) in [5, 5.41) is 1.16. The molecule has 26 heavy (non-hydrogen) atoms. The fourth-order valence-electron chi connectivity index (χ4n) is 2.54. The summed E-state index contributed by atoms with van der Waals surface area (Å²) in [7, 11) is 0. The van der Waals surface area contributed by atoms with Crippen molar-refractivity contribution in [1.82, 2.24) is 0 Å². The maximum absolute atomic E-state index is 12.8.